The van der Waals surface area contributed by atoms with Crippen molar-refractivity contribution in [1.29, 1.82) is 0 Å². The molecule has 3 atom stereocenters. The molecule has 7 heteroatoms. The molecule has 2 aromatic rings. The molecule has 0 aliphatic heterocycles. The zero-order chi connectivity index (χ0) is 14.3. The van der Waals surface area contributed by atoms with Crippen LogP contribution in [0.5, 0.6) is 0 Å². The highest BCUT2D eigenvalue weighted by Crippen LogP contribution is 2.34. The Kier molecular flexibility index (Phi) is 3.50. The molecular weight excluding hydrogens is 304 g/mol. The normalized spacial score (nSPS) is 27.2. The van der Waals surface area contributed by atoms with Crippen molar-refractivity contribution in [2.75, 3.05) is 5.75 Å². The topological polar surface area (TPSA) is 47.0 Å². The average molecular weight is 317 g/mol. The SMILES string of the molecule is O=S(=O)(CC1C[C@@H](F)[C@@H](F)C1)c1nc2ccccc2s1. The Morgan fingerprint density at radius 1 is 1.20 bits per heavy atom. The minimum Gasteiger partial charge on any atom is -0.244 e. The molecule has 20 heavy (non-hydrogen) atoms. The van der Waals surface area contributed by atoms with Gasteiger partial charge in [0.05, 0.1) is 16.0 Å². The van der Waals surface area contributed by atoms with Gasteiger partial charge in [-0.05, 0) is 30.9 Å². The van der Waals surface area contributed by atoms with E-state index in [-0.39, 0.29) is 22.9 Å². The van der Waals surface area contributed by atoms with Gasteiger partial charge < -0.3 is 0 Å². The van der Waals surface area contributed by atoms with Gasteiger partial charge in [0.2, 0.25) is 14.2 Å². The monoisotopic (exact) mass is 317 g/mol. The number of nitrogens with zero attached hydrogens (tertiary/aromatic N) is 1. The van der Waals surface area contributed by atoms with Gasteiger partial charge in [-0.15, -0.1) is 11.3 Å². The Morgan fingerprint density at radius 2 is 1.85 bits per heavy atom. The van der Waals surface area contributed by atoms with Crippen molar-refractivity contribution < 1.29 is 17.2 Å². The lowest BCUT2D eigenvalue weighted by Crippen LogP contribution is -2.14. The first-order valence-electron chi connectivity index (χ1n) is 6.32. The minimum atomic E-state index is -3.58. The third kappa shape index (κ3) is 2.56. The van der Waals surface area contributed by atoms with Crippen LogP contribution in [-0.2, 0) is 9.84 Å². The molecule has 1 fully saturated rings. The Bertz CT molecular complexity index is 686. The molecule has 1 unspecified atom stereocenters. The third-order valence-corrected chi connectivity index (χ3v) is 6.88. The number of benzene rings is 1. The van der Waals surface area contributed by atoms with E-state index in [2.05, 4.69) is 4.98 Å². The zero-order valence-corrected chi connectivity index (χ0v) is 12.1. The van der Waals surface area contributed by atoms with E-state index in [4.69, 9.17) is 0 Å². The number of rotatable bonds is 3. The van der Waals surface area contributed by atoms with Gasteiger partial charge in [-0.25, -0.2) is 22.2 Å². The number of thiazole rings is 1. The molecule has 0 N–H and O–H groups in total. The Morgan fingerprint density at radius 3 is 2.50 bits per heavy atom. The van der Waals surface area contributed by atoms with Crippen molar-refractivity contribution in [2.45, 2.75) is 29.5 Å². The van der Waals surface area contributed by atoms with E-state index in [1.807, 2.05) is 6.07 Å². The number of hydrogen-bond acceptors (Lipinski definition) is 4. The summed E-state index contributed by atoms with van der Waals surface area (Å²) in [7, 11) is -3.58. The molecular formula is C13H13F2NO2S2. The summed E-state index contributed by atoms with van der Waals surface area (Å²) < 4.78 is 51.6. The molecule has 0 spiro atoms. The molecule has 108 valence electrons. The second-order valence-corrected chi connectivity index (χ2v) is 8.34. The molecule has 1 aliphatic rings. The lowest BCUT2D eigenvalue weighted by atomic mass is 10.1. The van der Waals surface area contributed by atoms with Crippen molar-refractivity contribution in [3.8, 4) is 0 Å². The van der Waals surface area contributed by atoms with Crippen LogP contribution in [0, 0.1) is 5.92 Å². The third-order valence-electron chi connectivity index (χ3n) is 3.50. The number of para-hydroxylation sites is 1. The summed E-state index contributed by atoms with van der Waals surface area (Å²) in [6, 6.07) is 7.15. The first-order valence-corrected chi connectivity index (χ1v) is 8.79. The summed E-state index contributed by atoms with van der Waals surface area (Å²) in [5, 5.41) is 0. The van der Waals surface area contributed by atoms with Crippen LogP contribution in [-0.4, -0.2) is 31.5 Å². The van der Waals surface area contributed by atoms with Crippen molar-refractivity contribution in [1.82, 2.24) is 4.98 Å². The summed E-state index contributed by atoms with van der Waals surface area (Å²) in [5.41, 5.74) is 0.634. The maximum absolute atomic E-state index is 13.1. The highest BCUT2D eigenvalue weighted by atomic mass is 32.2. The predicted octanol–water partition coefficient (Wildman–Crippen LogP) is 3.16. The number of hydrogen-bond donors (Lipinski definition) is 0. The predicted molar refractivity (Wildman–Crippen MR) is 74.2 cm³/mol. The fraction of sp³-hybridized carbons (Fsp3) is 0.462. The molecule has 0 saturated heterocycles. The summed E-state index contributed by atoms with van der Waals surface area (Å²) in [5.74, 6) is -0.690. The number of sulfone groups is 1. The van der Waals surface area contributed by atoms with Crippen molar-refractivity contribution in [3.63, 3.8) is 0 Å². The molecule has 1 saturated carbocycles. The number of fused-ring (bicyclic) bond motifs is 1. The smallest absolute Gasteiger partial charge is 0.210 e. The van der Waals surface area contributed by atoms with Crippen LogP contribution < -0.4 is 0 Å². The summed E-state index contributed by atoms with van der Waals surface area (Å²) in [6.07, 6.45) is -3.12. The first kappa shape index (κ1) is 13.9. The van der Waals surface area contributed by atoms with Crippen molar-refractivity contribution >= 4 is 31.4 Å². The van der Waals surface area contributed by atoms with Crippen molar-refractivity contribution in [2.24, 2.45) is 5.92 Å². The summed E-state index contributed by atoms with van der Waals surface area (Å²) in [4.78, 5) is 4.11. The lowest BCUT2D eigenvalue weighted by molar-refractivity contribution is 0.199. The molecule has 3 nitrogen and oxygen atoms in total. The number of alkyl halides is 2. The maximum atomic E-state index is 13.1. The number of halogens is 2. The van der Waals surface area contributed by atoms with Crippen LogP contribution in [0.3, 0.4) is 0 Å². The second kappa shape index (κ2) is 5.04. The van der Waals surface area contributed by atoms with E-state index in [0.717, 1.165) is 16.0 Å². The van der Waals surface area contributed by atoms with E-state index in [0.29, 0.717) is 5.52 Å². The lowest BCUT2D eigenvalue weighted by Gasteiger charge is -2.07. The van der Waals surface area contributed by atoms with Crippen LogP contribution in [0.4, 0.5) is 8.78 Å². The van der Waals surface area contributed by atoms with Gasteiger partial charge in [-0.3, -0.25) is 0 Å². The van der Waals surface area contributed by atoms with E-state index < -0.39 is 28.1 Å². The number of aromatic nitrogens is 1. The van der Waals surface area contributed by atoms with Crippen LogP contribution in [0.1, 0.15) is 12.8 Å². The minimum absolute atomic E-state index is 0.0225. The fourth-order valence-corrected chi connectivity index (χ4v) is 5.48. The fourth-order valence-electron chi connectivity index (χ4n) is 2.53. The molecule has 1 heterocycles. The second-order valence-electron chi connectivity index (χ2n) is 5.10. The van der Waals surface area contributed by atoms with Gasteiger partial charge >= 0.3 is 0 Å². The maximum Gasteiger partial charge on any atom is 0.210 e. The van der Waals surface area contributed by atoms with Crippen molar-refractivity contribution in [3.05, 3.63) is 24.3 Å². The molecule has 3 rings (SSSR count). The van der Waals surface area contributed by atoms with Gasteiger partial charge in [0.25, 0.3) is 0 Å². The highest BCUT2D eigenvalue weighted by Gasteiger charge is 2.37. The van der Waals surface area contributed by atoms with Gasteiger partial charge in [-0.1, -0.05) is 12.1 Å². The van der Waals surface area contributed by atoms with Crippen LogP contribution in [0.25, 0.3) is 10.2 Å². The standard InChI is InChI=1S/C13H13F2NO2S2/c14-9-5-8(6-10(9)15)7-20(17,18)13-16-11-3-1-2-4-12(11)19-13/h1-4,8-10H,5-7H2/t8?,9-,10+. The van der Waals surface area contributed by atoms with E-state index in [1.54, 1.807) is 18.2 Å². The molecule has 0 bridgehead atoms. The quantitative estimate of drug-likeness (QED) is 0.873. The van der Waals surface area contributed by atoms with Crippen LogP contribution in [0.2, 0.25) is 0 Å². The van der Waals surface area contributed by atoms with Gasteiger partial charge in [0.15, 0.2) is 0 Å². The van der Waals surface area contributed by atoms with E-state index in [1.165, 1.54) is 0 Å². The highest BCUT2D eigenvalue weighted by molar-refractivity contribution is 7.93. The van der Waals surface area contributed by atoms with Crippen LogP contribution >= 0.6 is 11.3 Å². The van der Waals surface area contributed by atoms with E-state index >= 15 is 0 Å². The Hall–Kier alpha value is -1.08. The first-order chi connectivity index (χ1) is 9.45. The molecule has 1 aliphatic carbocycles. The van der Waals surface area contributed by atoms with E-state index in [9.17, 15) is 17.2 Å². The van der Waals surface area contributed by atoms with Gasteiger partial charge in [-0.2, -0.15) is 0 Å². The Labute approximate surface area is 119 Å². The summed E-state index contributed by atoms with van der Waals surface area (Å²) >= 11 is 1.10. The zero-order valence-electron chi connectivity index (χ0n) is 10.5. The van der Waals surface area contributed by atoms with Crippen LogP contribution in [0.15, 0.2) is 28.6 Å². The molecule has 1 aromatic carbocycles. The molecule has 1 aromatic heterocycles. The summed E-state index contributed by atoms with van der Waals surface area (Å²) in [6.45, 7) is 0. The average Bonchev–Trinajstić information content (AvgIpc) is 2.93. The largest absolute Gasteiger partial charge is 0.244 e. The van der Waals surface area contributed by atoms with Gasteiger partial charge in [0, 0.05) is 0 Å². The molecule has 0 radical (unpaired) electrons. The van der Waals surface area contributed by atoms with Gasteiger partial charge in [0.1, 0.15) is 12.3 Å². The Balaban J connectivity index is 1.84. The molecule has 0 amide bonds.